The molecular weight excluding hydrogens is 348 g/mol. The molecule has 3 rings (SSSR count). The van der Waals surface area contributed by atoms with E-state index in [9.17, 15) is 4.79 Å². The van der Waals surface area contributed by atoms with E-state index in [4.69, 9.17) is 21.7 Å². The third-order valence-electron chi connectivity index (χ3n) is 4.77. The summed E-state index contributed by atoms with van der Waals surface area (Å²) >= 11 is 5.58. The summed E-state index contributed by atoms with van der Waals surface area (Å²) in [4.78, 5) is 14.8. The zero-order valence-electron chi connectivity index (χ0n) is 15.6. The van der Waals surface area contributed by atoms with Gasteiger partial charge in [0.1, 0.15) is 0 Å². The van der Waals surface area contributed by atoms with Crippen LogP contribution in [0.15, 0.2) is 29.5 Å². The lowest BCUT2D eigenvalue weighted by molar-refractivity contribution is -0.116. The van der Waals surface area contributed by atoms with Crippen molar-refractivity contribution in [1.29, 1.82) is 0 Å². The van der Waals surface area contributed by atoms with Gasteiger partial charge in [-0.25, -0.2) is 0 Å². The minimum absolute atomic E-state index is 0.205. The second kappa shape index (κ2) is 8.08. The van der Waals surface area contributed by atoms with Gasteiger partial charge < -0.3 is 19.7 Å². The average molecular weight is 375 g/mol. The predicted molar refractivity (Wildman–Crippen MR) is 106 cm³/mol. The molecule has 1 aromatic rings. The number of ketones is 1. The fourth-order valence-corrected chi connectivity index (χ4v) is 4.04. The number of hydrogen-bond acceptors (Lipinski definition) is 4. The van der Waals surface area contributed by atoms with E-state index < -0.39 is 0 Å². The number of rotatable bonds is 6. The van der Waals surface area contributed by atoms with Crippen LogP contribution in [-0.4, -0.2) is 35.6 Å². The topological polar surface area (TPSA) is 50.8 Å². The highest BCUT2D eigenvalue weighted by atomic mass is 32.1. The van der Waals surface area contributed by atoms with Crippen molar-refractivity contribution in [2.75, 3.05) is 19.8 Å². The number of hydrogen-bond donors (Lipinski definition) is 1. The molecule has 0 saturated heterocycles. The molecule has 1 heterocycles. The molecule has 6 heteroatoms. The van der Waals surface area contributed by atoms with Crippen LogP contribution in [0.2, 0.25) is 0 Å². The van der Waals surface area contributed by atoms with Crippen molar-refractivity contribution in [2.24, 2.45) is 0 Å². The molecule has 0 amide bonds. The molecule has 26 heavy (non-hydrogen) atoms. The summed E-state index contributed by atoms with van der Waals surface area (Å²) in [6, 6.07) is 5.63. The van der Waals surface area contributed by atoms with Crippen LogP contribution in [0.25, 0.3) is 0 Å². The van der Waals surface area contributed by atoms with E-state index in [0.717, 1.165) is 42.0 Å². The van der Waals surface area contributed by atoms with Crippen LogP contribution in [-0.2, 0) is 4.79 Å². The lowest BCUT2D eigenvalue weighted by Gasteiger charge is -2.40. The van der Waals surface area contributed by atoms with Gasteiger partial charge in [-0.3, -0.25) is 4.79 Å². The predicted octanol–water partition coefficient (Wildman–Crippen LogP) is 3.74. The number of allylic oxidation sites excluding steroid dienone is 1. The fraction of sp³-hybridized carbons (Fsp3) is 0.500. The van der Waals surface area contributed by atoms with Crippen molar-refractivity contribution in [3.63, 3.8) is 0 Å². The maximum absolute atomic E-state index is 12.7. The first kappa shape index (κ1) is 18.7. The summed E-state index contributed by atoms with van der Waals surface area (Å²) in [7, 11) is 0. The molecule has 1 aliphatic carbocycles. The van der Waals surface area contributed by atoms with Gasteiger partial charge >= 0.3 is 0 Å². The Morgan fingerprint density at radius 3 is 2.58 bits per heavy atom. The Labute approximate surface area is 160 Å². The number of thiocarbonyl (C=S) groups is 1. The molecule has 5 nitrogen and oxygen atoms in total. The van der Waals surface area contributed by atoms with Gasteiger partial charge in [-0.1, -0.05) is 6.07 Å². The van der Waals surface area contributed by atoms with Crippen LogP contribution in [0.4, 0.5) is 0 Å². The fourth-order valence-electron chi connectivity index (χ4n) is 3.68. The van der Waals surface area contributed by atoms with Crippen molar-refractivity contribution in [3.8, 4) is 11.5 Å². The summed E-state index contributed by atoms with van der Waals surface area (Å²) in [5.74, 6) is 1.62. The molecule has 1 unspecified atom stereocenters. The van der Waals surface area contributed by atoms with E-state index in [0.29, 0.717) is 30.5 Å². The van der Waals surface area contributed by atoms with E-state index >= 15 is 0 Å². The van der Waals surface area contributed by atoms with Crippen LogP contribution in [0.5, 0.6) is 11.5 Å². The SMILES string of the molecule is CCOc1ccc(C2NC(=S)N(CC)C3=C2C(=O)CCC3)cc1OCC. The number of ether oxygens (including phenoxy) is 2. The van der Waals surface area contributed by atoms with E-state index in [-0.39, 0.29) is 11.8 Å². The second-order valence-electron chi connectivity index (χ2n) is 6.34. The Bertz CT molecular complexity index is 745. The standard InChI is InChI=1S/C20H26N2O3S/c1-4-22-14-8-7-9-15(23)18(14)19(21-20(22)26)13-10-11-16(24-5-2)17(12-13)25-6-3/h10-12,19H,4-9H2,1-3H3,(H,21,26). The Kier molecular flexibility index (Phi) is 5.81. The third kappa shape index (κ3) is 3.43. The molecule has 0 aromatic heterocycles. The summed E-state index contributed by atoms with van der Waals surface area (Å²) in [6.45, 7) is 7.84. The van der Waals surface area contributed by atoms with Crippen molar-refractivity contribution in [3.05, 3.63) is 35.0 Å². The van der Waals surface area contributed by atoms with Crippen LogP contribution < -0.4 is 14.8 Å². The van der Waals surface area contributed by atoms with Gasteiger partial charge in [-0.15, -0.1) is 0 Å². The maximum atomic E-state index is 12.7. The lowest BCUT2D eigenvalue weighted by Crippen LogP contribution is -2.49. The number of carbonyl (C=O) groups is 1. The van der Waals surface area contributed by atoms with Gasteiger partial charge in [-0.05, 0) is 63.5 Å². The van der Waals surface area contributed by atoms with Gasteiger partial charge in [-0.2, -0.15) is 0 Å². The second-order valence-corrected chi connectivity index (χ2v) is 6.72. The highest BCUT2D eigenvalue weighted by molar-refractivity contribution is 7.80. The first-order valence-electron chi connectivity index (χ1n) is 9.34. The normalized spacial score (nSPS) is 20.0. The van der Waals surface area contributed by atoms with Gasteiger partial charge in [0.2, 0.25) is 0 Å². The zero-order valence-corrected chi connectivity index (χ0v) is 16.4. The zero-order chi connectivity index (χ0) is 18.7. The Hall–Kier alpha value is -2.08. The van der Waals surface area contributed by atoms with Gasteiger partial charge in [0.15, 0.2) is 22.4 Å². The molecule has 0 bridgehead atoms. The van der Waals surface area contributed by atoms with Crippen molar-refractivity contribution in [2.45, 2.75) is 46.1 Å². The van der Waals surface area contributed by atoms with Crippen LogP contribution in [0.1, 0.15) is 51.6 Å². The van der Waals surface area contributed by atoms with Gasteiger partial charge in [0.05, 0.1) is 19.3 Å². The molecule has 0 saturated carbocycles. The summed E-state index contributed by atoms with van der Waals surface area (Å²) < 4.78 is 11.4. The first-order valence-corrected chi connectivity index (χ1v) is 9.75. The molecule has 1 atom stereocenters. The summed E-state index contributed by atoms with van der Waals surface area (Å²) in [5.41, 5.74) is 2.89. The smallest absolute Gasteiger partial charge is 0.173 e. The average Bonchev–Trinajstić information content (AvgIpc) is 2.63. The number of nitrogens with zero attached hydrogens (tertiary/aromatic N) is 1. The van der Waals surface area contributed by atoms with Crippen molar-refractivity contribution >= 4 is 23.1 Å². The van der Waals surface area contributed by atoms with Gasteiger partial charge in [0, 0.05) is 24.2 Å². The summed E-state index contributed by atoms with van der Waals surface area (Å²) in [6.07, 6.45) is 2.37. The third-order valence-corrected chi connectivity index (χ3v) is 5.11. The van der Waals surface area contributed by atoms with Crippen LogP contribution in [0.3, 0.4) is 0 Å². The number of Topliss-reactive ketones (excluding diaryl/α,β-unsaturated/α-hetero) is 1. The van der Waals surface area contributed by atoms with E-state index in [1.54, 1.807) is 0 Å². The molecule has 1 N–H and O–H groups in total. The van der Waals surface area contributed by atoms with Crippen molar-refractivity contribution in [1.82, 2.24) is 10.2 Å². The van der Waals surface area contributed by atoms with Crippen LogP contribution >= 0.6 is 12.2 Å². The Morgan fingerprint density at radius 1 is 1.15 bits per heavy atom. The van der Waals surface area contributed by atoms with E-state index in [2.05, 4.69) is 17.1 Å². The largest absolute Gasteiger partial charge is 0.490 e. The molecule has 0 radical (unpaired) electrons. The highest BCUT2D eigenvalue weighted by Gasteiger charge is 2.36. The summed E-state index contributed by atoms with van der Waals surface area (Å²) in [5, 5.41) is 4.04. The van der Waals surface area contributed by atoms with E-state index in [1.165, 1.54) is 0 Å². The Balaban J connectivity index is 2.06. The Morgan fingerprint density at radius 2 is 1.88 bits per heavy atom. The molecule has 140 valence electrons. The van der Waals surface area contributed by atoms with Gasteiger partial charge in [0.25, 0.3) is 0 Å². The van der Waals surface area contributed by atoms with Crippen LogP contribution in [0, 0.1) is 0 Å². The minimum Gasteiger partial charge on any atom is -0.490 e. The minimum atomic E-state index is -0.233. The van der Waals surface area contributed by atoms with Crippen molar-refractivity contribution < 1.29 is 14.3 Å². The first-order chi connectivity index (χ1) is 12.6. The maximum Gasteiger partial charge on any atom is 0.173 e. The number of benzene rings is 1. The number of carbonyl (C=O) groups excluding carboxylic acids is 1. The molecule has 2 aliphatic rings. The monoisotopic (exact) mass is 374 g/mol. The molecule has 0 spiro atoms. The van der Waals surface area contributed by atoms with E-state index in [1.807, 2.05) is 32.0 Å². The molecule has 1 aliphatic heterocycles. The molecule has 1 aromatic carbocycles. The highest BCUT2D eigenvalue weighted by Crippen LogP contribution is 2.39. The molecular formula is C20H26N2O3S. The molecule has 0 fully saturated rings. The number of nitrogens with one attached hydrogen (secondary N) is 1. The lowest BCUT2D eigenvalue weighted by atomic mass is 9.84. The quantitative estimate of drug-likeness (QED) is 0.766.